The normalized spacial score (nSPS) is 17.7. The molecule has 0 unspecified atom stereocenters. The predicted molar refractivity (Wildman–Crippen MR) is 115 cm³/mol. The number of aliphatic carboxylic acids is 1. The molecule has 0 aliphatic heterocycles. The Balaban J connectivity index is 1.52. The van der Waals surface area contributed by atoms with Crippen molar-refractivity contribution in [3.05, 3.63) is 57.5 Å². The molecule has 2 aromatic carbocycles. The van der Waals surface area contributed by atoms with Crippen LogP contribution in [-0.4, -0.2) is 36.8 Å². The van der Waals surface area contributed by atoms with Crippen LogP contribution in [0.3, 0.4) is 0 Å². The van der Waals surface area contributed by atoms with E-state index >= 15 is 0 Å². The molecule has 0 saturated heterocycles. The van der Waals surface area contributed by atoms with Crippen molar-refractivity contribution in [3.63, 3.8) is 0 Å². The number of rotatable bonds is 8. The van der Waals surface area contributed by atoms with Crippen LogP contribution in [-0.2, 0) is 9.53 Å². The second-order valence-electron chi connectivity index (χ2n) is 7.77. The molecule has 1 heterocycles. The molecule has 0 bridgehead atoms. The first-order chi connectivity index (χ1) is 16.5. The standard InChI is InChI=1S/C23H17ClF4O7/c24-17-10-13(25)9-16-18(29)21(35-23(26,27)28)19(34-20(16)17)11-1-3-14(4-2-11)32-5-6-33-15-7-12(8-15)22(30)31/h1-4,9-10,12,15H,5-8H2,(H,30,31). The van der Waals surface area contributed by atoms with Gasteiger partial charge in [0.2, 0.25) is 11.2 Å². The Kier molecular flexibility index (Phi) is 6.91. The quantitative estimate of drug-likeness (QED) is 0.316. The van der Waals surface area contributed by atoms with Crippen molar-refractivity contribution < 1.29 is 46.1 Å². The van der Waals surface area contributed by atoms with Crippen molar-refractivity contribution in [3.8, 4) is 22.8 Å². The molecule has 35 heavy (non-hydrogen) atoms. The van der Waals surface area contributed by atoms with Crippen molar-refractivity contribution >= 4 is 28.5 Å². The summed E-state index contributed by atoms with van der Waals surface area (Å²) in [6.45, 7) is 0.374. The Morgan fingerprint density at radius 3 is 2.46 bits per heavy atom. The molecule has 12 heteroatoms. The fourth-order valence-corrected chi connectivity index (χ4v) is 3.83. The van der Waals surface area contributed by atoms with Crippen molar-refractivity contribution in [1.82, 2.24) is 0 Å². The van der Waals surface area contributed by atoms with E-state index in [1.54, 1.807) is 0 Å². The third kappa shape index (κ3) is 5.68. The minimum Gasteiger partial charge on any atom is -0.491 e. The van der Waals surface area contributed by atoms with Crippen LogP contribution in [0.1, 0.15) is 12.8 Å². The van der Waals surface area contributed by atoms with Gasteiger partial charge in [-0.1, -0.05) is 11.6 Å². The molecule has 1 saturated carbocycles. The number of ether oxygens (including phenoxy) is 3. The lowest BCUT2D eigenvalue weighted by Crippen LogP contribution is -2.36. The fourth-order valence-electron chi connectivity index (χ4n) is 3.59. The summed E-state index contributed by atoms with van der Waals surface area (Å²) < 4.78 is 73.1. The van der Waals surface area contributed by atoms with Gasteiger partial charge in [-0.2, -0.15) is 0 Å². The molecule has 1 N–H and O–H groups in total. The minimum atomic E-state index is -5.21. The smallest absolute Gasteiger partial charge is 0.491 e. The lowest BCUT2D eigenvalue weighted by molar-refractivity contribution is -0.275. The van der Waals surface area contributed by atoms with E-state index < -0.39 is 40.5 Å². The van der Waals surface area contributed by atoms with Gasteiger partial charge in [-0.15, -0.1) is 13.2 Å². The van der Waals surface area contributed by atoms with Gasteiger partial charge in [0, 0.05) is 5.56 Å². The second kappa shape index (κ2) is 9.74. The summed E-state index contributed by atoms with van der Waals surface area (Å²) in [5, 5.41) is 8.06. The number of alkyl halides is 3. The minimum absolute atomic E-state index is 0.0569. The van der Waals surface area contributed by atoms with E-state index in [1.165, 1.54) is 24.3 Å². The second-order valence-corrected chi connectivity index (χ2v) is 8.18. The largest absolute Gasteiger partial charge is 0.573 e. The highest BCUT2D eigenvalue weighted by Crippen LogP contribution is 2.37. The van der Waals surface area contributed by atoms with Gasteiger partial charge in [0.1, 0.15) is 18.2 Å². The van der Waals surface area contributed by atoms with E-state index in [1.807, 2.05) is 0 Å². The summed E-state index contributed by atoms with van der Waals surface area (Å²) in [5.41, 5.74) is -1.47. The van der Waals surface area contributed by atoms with E-state index in [0.29, 0.717) is 24.7 Å². The molecule has 7 nitrogen and oxygen atoms in total. The highest BCUT2D eigenvalue weighted by molar-refractivity contribution is 6.34. The number of carboxylic acids is 1. The average Bonchev–Trinajstić information content (AvgIpc) is 2.74. The topological polar surface area (TPSA) is 95.2 Å². The first kappa shape index (κ1) is 24.8. The van der Waals surface area contributed by atoms with E-state index in [4.69, 9.17) is 30.6 Å². The molecular weight excluding hydrogens is 500 g/mol. The highest BCUT2D eigenvalue weighted by atomic mass is 35.5. The maximum absolute atomic E-state index is 13.7. The molecule has 0 atom stereocenters. The van der Waals surface area contributed by atoms with Crippen molar-refractivity contribution in [2.45, 2.75) is 25.3 Å². The van der Waals surface area contributed by atoms with Crippen molar-refractivity contribution in [1.29, 1.82) is 0 Å². The van der Waals surface area contributed by atoms with Gasteiger partial charge in [0.05, 0.1) is 29.0 Å². The molecule has 4 rings (SSSR count). The molecule has 1 aromatic heterocycles. The van der Waals surface area contributed by atoms with Gasteiger partial charge >= 0.3 is 12.3 Å². The first-order valence-electron chi connectivity index (χ1n) is 10.3. The zero-order chi connectivity index (χ0) is 25.3. The van der Waals surface area contributed by atoms with Gasteiger partial charge in [-0.05, 0) is 49.2 Å². The highest BCUT2D eigenvalue weighted by Gasteiger charge is 2.36. The van der Waals surface area contributed by atoms with Crippen molar-refractivity contribution in [2.24, 2.45) is 5.92 Å². The Labute approximate surface area is 199 Å². The zero-order valence-corrected chi connectivity index (χ0v) is 18.5. The Hall–Kier alpha value is -3.31. The van der Waals surface area contributed by atoms with Gasteiger partial charge in [0.25, 0.3) is 0 Å². The van der Waals surface area contributed by atoms with Crippen LogP contribution in [0.5, 0.6) is 11.5 Å². The van der Waals surface area contributed by atoms with E-state index in [-0.39, 0.29) is 41.4 Å². The first-order valence-corrected chi connectivity index (χ1v) is 10.7. The number of halogens is 5. The summed E-state index contributed by atoms with van der Waals surface area (Å²) in [6.07, 6.45) is -4.45. The number of carbonyl (C=O) groups is 1. The summed E-state index contributed by atoms with van der Waals surface area (Å²) in [7, 11) is 0. The predicted octanol–water partition coefficient (Wildman–Crippen LogP) is 5.41. The van der Waals surface area contributed by atoms with Crippen LogP contribution in [0.4, 0.5) is 17.6 Å². The van der Waals surface area contributed by atoms with Crippen LogP contribution in [0.25, 0.3) is 22.3 Å². The molecule has 3 aromatic rings. The third-order valence-electron chi connectivity index (χ3n) is 5.35. The van der Waals surface area contributed by atoms with Gasteiger partial charge in [-0.3, -0.25) is 9.59 Å². The maximum Gasteiger partial charge on any atom is 0.573 e. The Morgan fingerprint density at radius 2 is 1.83 bits per heavy atom. The molecule has 1 fully saturated rings. The molecule has 0 spiro atoms. The third-order valence-corrected chi connectivity index (χ3v) is 5.63. The molecule has 1 aliphatic rings. The summed E-state index contributed by atoms with van der Waals surface area (Å²) >= 11 is 5.94. The monoisotopic (exact) mass is 516 g/mol. The number of carboxylic acid groups (broad SMARTS) is 1. The Morgan fingerprint density at radius 1 is 1.14 bits per heavy atom. The molecule has 0 radical (unpaired) electrons. The van der Waals surface area contributed by atoms with Gasteiger partial charge in [-0.25, -0.2) is 4.39 Å². The van der Waals surface area contributed by atoms with Crippen LogP contribution in [0.15, 0.2) is 45.6 Å². The van der Waals surface area contributed by atoms with Crippen LogP contribution in [0.2, 0.25) is 5.02 Å². The number of benzene rings is 2. The number of hydrogen-bond acceptors (Lipinski definition) is 6. The summed E-state index contributed by atoms with van der Waals surface area (Å²) in [4.78, 5) is 23.5. The number of fused-ring (bicyclic) bond motifs is 1. The van der Waals surface area contributed by atoms with Crippen LogP contribution >= 0.6 is 11.6 Å². The average molecular weight is 517 g/mol. The molecular formula is C23H17ClF4O7. The lowest BCUT2D eigenvalue weighted by Gasteiger charge is -2.31. The SMILES string of the molecule is O=C(O)C1CC(OCCOc2ccc(-c3oc4c(Cl)cc(F)cc4c(=O)c3OC(F)(F)F)cc2)C1. The van der Waals surface area contributed by atoms with Gasteiger partial charge < -0.3 is 23.7 Å². The molecule has 186 valence electrons. The lowest BCUT2D eigenvalue weighted by atomic mass is 9.82. The van der Waals surface area contributed by atoms with E-state index in [0.717, 1.165) is 6.07 Å². The van der Waals surface area contributed by atoms with E-state index in [9.17, 15) is 27.2 Å². The van der Waals surface area contributed by atoms with Crippen molar-refractivity contribution in [2.75, 3.05) is 13.2 Å². The Bertz CT molecular complexity index is 1300. The number of hydrogen-bond donors (Lipinski definition) is 1. The fraction of sp³-hybridized carbons (Fsp3) is 0.304. The zero-order valence-electron chi connectivity index (χ0n) is 17.7. The van der Waals surface area contributed by atoms with Crippen LogP contribution < -0.4 is 14.9 Å². The van der Waals surface area contributed by atoms with Gasteiger partial charge in [0.15, 0.2) is 11.3 Å². The summed E-state index contributed by atoms with van der Waals surface area (Å²) in [6, 6.07) is 7.16. The van der Waals surface area contributed by atoms with E-state index in [2.05, 4.69) is 4.74 Å². The maximum atomic E-state index is 13.7. The molecule has 0 amide bonds. The van der Waals surface area contributed by atoms with Crippen LogP contribution in [0, 0.1) is 11.7 Å². The summed E-state index contributed by atoms with van der Waals surface area (Å²) in [5.74, 6) is -3.50. The molecule has 1 aliphatic carbocycles.